The number of guanidine groups is 1. The average molecular weight is 437 g/mol. The normalized spacial score (nSPS) is 18.1. The number of likely N-dealkylation sites (N-methyl/N-ethyl adjacent to an activating group) is 1. The lowest BCUT2D eigenvalue weighted by atomic mass is 10.2. The molecule has 1 fully saturated rings. The third-order valence-corrected chi connectivity index (χ3v) is 4.64. The lowest BCUT2D eigenvalue weighted by Crippen LogP contribution is -2.40. The van der Waals surface area contributed by atoms with Crippen LogP contribution in [0.15, 0.2) is 22.5 Å². The summed E-state index contributed by atoms with van der Waals surface area (Å²) >= 11 is 1.82. The van der Waals surface area contributed by atoms with Gasteiger partial charge >= 0.3 is 0 Å². The standard InChI is InChI=1S/C16H27N3OS.HI/c1-3-17-16(18-10-8-14-6-4-12-20-14)19(2)11-9-15-7-5-13-21-15;/h5,7,13-14H,3-4,6,8-12H2,1-2H3,(H,17,18);1H. The highest BCUT2D eigenvalue weighted by molar-refractivity contribution is 14.0. The Morgan fingerprint density at radius 2 is 2.41 bits per heavy atom. The molecule has 22 heavy (non-hydrogen) atoms. The third-order valence-electron chi connectivity index (χ3n) is 3.71. The quantitative estimate of drug-likeness (QED) is 0.404. The Hall–Kier alpha value is -0.340. The maximum Gasteiger partial charge on any atom is 0.193 e. The minimum Gasteiger partial charge on any atom is -0.378 e. The molecule has 1 aromatic heterocycles. The van der Waals surface area contributed by atoms with Crippen molar-refractivity contribution < 1.29 is 4.74 Å². The topological polar surface area (TPSA) is 36.9 Å². The summed E-state index contributed by atoms with van der Waals surface area (Å²) in [4.78, 5) is 8.38. The van der Waals surface area contributed by atoms with E-state index in [4.69, 9.17) is 9.73 Å². The number of aliphatic imine (C=N–C) groups is 1. The van der Waals surface area contributed by atoms with Crippen molar-refractivity contribution in [3.8, 4) is 0 Å². The maximum absolute atomic E-state index is 5.65. The Morgan fingerprint density at radius 1 is 1.55 bits per heavy atom. The summed E-state index contributed by atoms with van der Waals surface area (Å²) in [5.74, 6) is 1.01. The summed E-state index contributed by atoms with van der Waals surface area (Å²) in [5.41, 5.74) is 0. The van der Waals surface area contributed by atoms with Crippen LogP contribution in [-0.4, -0.2) is 50.3 Å². The molecule has 0 radical (unpaired) electrons. The molecule has 0 amide bonds. The number of nitrogens with one attached hydrogen (secondary N) is 1. The van der Waals surface area contributed by atoms with E-state index >= 15 is 0 Å². The van der Waals surface area contributed by atoms with E-state index in [0.29, 0.717) is 6.10 Å². The number of hydrogen-bond donors (Lipinski definition) is 1. The van der Waals surface area contributed by atoms with Gasteiger partial charge in [0, 0.05) is 38.2 Å². The molecule has 6 heteroatoms. The van der Waals surface area contributed by atoms with Gasteiger partial charge in [-0.1, -0.05) is 6.07 Å². The summed E-state index contributed by atoms with van der Waals surface area (Å²) in [6.45, 7) is 5.78. The highest BCUT2D eigenvalue weighted by atomic mass is 127. The van der Waals surface area contributed by atoms with Gasteiger partial charge in [0.15, 0.2) is 5.96 Å². The molecule has 1 N–H and O–H groups in total. The third kappa shape index (κ3) is 6.83. The van der Waals surface area contributed by atoms with Crippen LogP contribution in [0.1, 0.15) is 31.1 Å². The van der Waals surface area contributed by atoms with E-state index in [1.807, 2.05) is 11.3 Å². The molecule has 126 valence electrons. The number of nitrogens with zero attached hydrogens (tertiary/aromatic N) is 2. The van der Waals surface area contributed by atoms with Crippen molar-refractivity contribution in [2.24, 2.45) is 4.99 Å². The minimum absolute atomic E-state index is 0. The van der Waals surface area contributed by atoms with Crippen molar-refractivity contribution in [2.75, 3.05) is 33.3 Å². The molecule has 0 spiro atoms. The molecule has 1 unspecified atom stereocenters. The SMILES string of the molecule is CCNC(=NCCC1CCCO1)N(C)CCc1cccs1.I. The van der Waals surface area contributed by atoms with Gasteiger partial charge in [-0.05, 0) is 44.1 Å². The first kappa shape index (κ1) is 19.7. The van der Waals surface area contributed by atoms with Crippen molar-refractivity contribution in [3.63, 3.8) is 0 Å². The Labute approximate surface area is 155 Å². The zero-order valence-corrected chi connectivity index (χ0v) is 16.7. The van der Waals surface area contributed by atoms with E-state index in [9.17, 15) is 0 Å². The molecule has 2 heterocycles. The molecular weight excluding hydrogens is 409 g/mol. The second-order valence-electron chi connectivity index (χ2n) is 5.41. The molecule has 2 rings (SSSR count). The van der Waals surface area contributed by atoms with Crippen LogP contribution in [0.2, 0.25) is 0 Å². The lowest BCUT2D eigenvalue weighted by molar-refractivity contribution is 0.106. The number of halogens is 1. The average Bonchev–Trinajstić information content (AvgIpc) is 3.17. The summed E-state index contributed by atoms with van der Waals surface area (Å²) in [7, 11) is 2.11. The van der Waals surface area contributed by atoms with Crippen molar-refractivity contribution in [2.45, 2.75) is 38.7 Å². The van der Waals surface area contributed by atoms with E-state index in [0.717, 1.165) is 45.0 Å². The first-order valence-electron chi connectivity index (χ1n) is 7.93. The van der Waals surface area contributed by atoms with Crippen LogP contribution in [0.4, 0.5) is 0 Å². The number of ether oxygens (including phenoxy) is 1. The lowest BCUT2D eigenvalue weighted by Gasteiger charge is -2.22. The van der Waals surface area contributed by atoms with Crippen LogP contribution in [0.5, 0.6) is 0 Å². The van der Waals surface area contributed by atoms with E-state index in [1.165, 1.54) is 17.7 Å². The number of rotatable bonds is 7. The van der Waals surface area contributed by atoms with Crippen molar-refractivity contribution in [3.05, 3.63) is 22.4 Å². The highest BCUT2D eigenvalue weighted by Crippen LogP contribution is 2.15. The Bertz CT molecular complexity index is 419. The first-order valence-corrected chi connectivity index (χ1v) is 8.81. The molecule has 0 aliphatic carbocycles. The van der Waals surface area contributed by atoms with Gasteiger partial charge in [0.05, 0.1) is 6.10 Å². The molecule has 1 aromatic rings. The maximum atomic E-state index is 5.65. The van der Waals surface area contributed by atoms with Gasteiger partial charge in [-0.3, -0.25) is 4.99 Å². The van der Waals surface area contributed by atoms with Crippen molar-refractivity contribution in [1.82, 2.24) is 10.2 Å². The fourth-order valence-electron chi connectivity index (χ4n) is 2.49. The zero-order valence-electron chi connectivity index (χ0n) is 13.6. The van der Waals surface area contributed by atoms with Gasteiger partial charge in [0.2, 0.25) is 0 Å². The second kappa shape index (κ2) is 11.2. The van der Waals surface area contributed by atoms with Crippen LogP contribution in [0.3, 0.4) is 0 Å². The van der Waals surface area contributed by atoms with Gasteiger partial charge in [-0.25, -0.2) is 0 Å². The molecular formula is C16H28IN3OS. The molecule has 4 nitrogen and oxygen atoms in total. The summed E-state index contributed by atoms with van der Waals surface area (Å²) in [5, 5.41) is 5.51. The van der Waals surface area contributed by atoms with Gasteiger partial charge in [-0.2, -0.15) is 0 Å². The molecule has 0 saturated carbocycles. The Balaban J connectivity index is 0.00000242. The van der Waals surface area contributed by atoms with Crippen LogP contribution in [0, 0.1) is 0 Å². The number of hydrogen-bond acceptors (Lipinski definition) is 3. The van der Waals surface area contributed by atoms with E-state index in [-0.39, 0.29) is 24.0 Å². The summed E-state index contributed by atoms with van der Waals surface area (Å²) in [6, 6.07) is 4.31. The molecule has 1 aliphatic heterocycles. The van der Waals surface area contributed by atoms with Gasteiger partial charge in [0.25, 0.3) is 0 Å². The fraction of sp³-hybridized carbons (Fsp3) is 0.688. The van der Waals surface area contributed by atoms with Gasteiger partial charge in [0.1, 0.15) is 0 Å². The van der Waals surface area contributed by atoms with Crippen LogP contribution in [-0.2, 0) is 11.2 Å². The predicted molar refractivity (Wildman–Crippen MR) is 106 cm³/mol. The van der Waals surface area contributed by atoms with Gasteiger partial charge < -0.3 is 15.0 Å². The summed E-state index contributed by atoms with van der Waals surface area (Å²) < 4.78 is 5.65. The monoisotopic (exact) mass is 437 g/mol. The van der Waals surface area contributed by atoms with E-state index < -0.39 is 0 Å². The highest BCUT2D eigenvalue weighted by Gasteiger charge is 2.15. The smallest absolute Gasteiger partial charge is 0.193 e. The summed E-state index contributed by atoms with van der Waals surface area (Å²) in [6.07, 6.45) is 4.93. The van der Waals surface area contributed by atoms with Crippen LogP contribution < -0.4 is 5.32 Å². The second-order valence-corrected chi connectivity index (χ2v) is 6.44. The largest absolute Gasteiger partial charge is 0.378 e. The predicted octanol–water partition coefficient (Wildman–Crippen LogP) is 3.38. The van der Waals surface area contributed by atoms with Crippen molar-refractivity contribution >= 4 is 41.3 Å². The minimum atomic E-state index is 0. The number of thiophene rings is 1. The van der Waals surface area contributed by atoms with Gasteiger partial charge in [-0.15, -0.1) is 35.3 Å². The molecule has 1 aliphatic rings. The fourth-order valence-corrected chi connectivity index (χ4v) is 3.19. The Kier molecular flexibility index (Phi) is 10.1. The van der Waals surface area contributed by atoms with Crippen LogP contribution in [0.25, 0.3) is 0 Å². The molecule has 0 bridgehead atoms. The van der Waals surface area contributed by atoms with Crippen molar-refractivity contribution in [1.29, 1.82) is 0 Å². The first-order chi connectivity index (χ1) is 10.3. The Morgan fingerprint density at radius 3 is 3.05 bits per heavy atom. The van der Waals surface area contributed by atoms with Crippen LogP contribution >= 0.6 is 35.3 Å². The van der Waals surface area contributed by atoms with E-state index in [1.54, 1.807) is 0 Å². The molecule has 0 aromatic carbocycles. The zero-order chi connectivity index (χ0) is 14.9. The molecule has 1 saturated heterocycles. The van der Waals surface area contributed by atoms with E-state index in [2.05, 4.69) is 41.7 Å². The molecule has 1 atom stereocenters.